The summed E-state index contributed by atoms with van der Waals surface area (Å²) in [5, 5.41) is 0. The van der Waals surface area contributed by atoms with Crippen molar-refractivity contribution in [3.8, 4) is 0 Å². The second-order valence-electron chi connectivity index (χ2n) is 5.76. The van der Waals surface area contributed by atoms with Gasteiger partial charge >= 0.3 is 0 Å². The minimum absolute atomic E-state index is 0.0292. The Bertz CT molecular complexity index is 677. The summed E-state index contributed by atoms with van der Waals surface area (Å²) in [6.45, 7) is 5.42. The van der Waals surface area contributed by atoms with Gasteiger partial charge in [-0.05, 0) is 31.9 Å². The zero-order chi connectivity index (χ0) is 15.0. The molecule has 0 aromatic carbocycles. The van der Waals surface area contributed by atoms with Crippen LogP contribution in [0.2, 0.25) is 0 Å². The number of amides is 1. The summed E-state index contributed by atoms with van der Waals surface area (Å²) in [5.74, 6) is 1.42. The molecule has 1 aliphatic rings. The molecule has 1 fully saturated rings. The molecule has 2 aromatic heterocycles. The van der Waals surface area contributed by atoms with Crippen LogP contribution >= 0.6 is 0 Å². The van der Waals surface area contributed by atoms with Crippen LogP contribution in [0, 0.1) is 13.8 Å². The highest BCUT2D eigenvalue weighted by molar-refractivity contribution is 5.93. The van der Waals surface area contributed by atoms with E-state index in [1.807, 2.05) is 44.1 Å². The number of carbonyl (C=O) groups is 1. The first-order valence-corrected chi connectivity index (χ1v) is 7.27. The van der Waals surface area contributed by atoms with Gasteiger partial charge in [-0.25, -0.2) is 4.98 Å². The normalized spacial score (nSPS) is 18.2. The van der Waals surface area contributed by atoms with Crippen LogP contribution in [0.15, 0.2) is 24.5 Å². The largest absolute Gasteiger partial charge is 0.337 e. The Morgan fingerprint density at radius 2 is 2.19 bits per heavy atom. The molecule has 0 saturated carbocycles. The number of likely N-dealkylation sites (tertiary alicyclic amines) is 1. The lowest BCUT2D eigenvalue weighted by molar-refractivity contribution is 0.0784. The molecule has 1 atom stereocenters. The van der Waals surface area contributed by atoms with E-state index in [0.717, 1.165) is 36.6 Å². The van der Waals surface area contributed by atoms with Gasteiger partial charge in [-0.1, -0.05) is 6.07 Å². The van der Waals surface area contributed by atoms with Crippen LogP contribution in [0.5, 0.6) is 0 Å². The number of pyridine rings is 1. The van der Waals surface area contributed by atoms with Crippen LogP contribution in [0.3, 0.4) is 0 Å². The average Bonchev–Trinajstić information content (AvgIpc) is 3.05. The van der Waals surface area contributed by atoms with E-state index in [9.17, 15) is 4.79 Å². The smallest absolute Gasteiger partial charge is 0.272 e. The van der Waals surface area contributed by atoms with Crippen molar-refractivity contribution in [2.45, 2.75) is 26.2 Å². The van der Waals surface area contributed by atoms with E-state index in [-0.39, 0.29) is 5.91 Å². The third kappa shape index (κ3) is 2.55. The molecule has 0 radical (unpaired) electrons. The van der Waals surface area contributed by atoms with Crippen molar-refractivity contribution in [1.29, 1.82) is 0 Å². The molecule has 5 heteroatoms. The Balaban J connectivity index is 1.77. The van der Waals surface area contributed by atoms with Crippen LogP contribution in [-0.2, 0) is 7.05 Å². The van der Waals surface area contributed by atoms with Gasteiger partial charge in [0, 0.05) is 38.4 Å². The van der Waals surface area contributed by atoms with E-state index in [0.29, 0.717) is 11.6 Å². The van der Waals surface area contributed by atoms with Crippen LogP contribution in [0.4, 0.5) is 0 Å². The van der Waals surface area contributed by atoms with Gasteiger partial charge < -0.3 is 9.47 Å². The molecule has 2 aromatic rings. The van der Waals surface area contributed by atoms with Gasteiger partial charge in [0.15, 0.2) is 0 Å². The maximum atomic E-state index is 12.6. The fourth-order valence-electron chi connectivity index (χ4n) is 3.03. The summed E-state index contributed by atoms with van der Waals surface area (Å²) in [4.78, 5) is 23.3. The third-order valence-electron chi connectivity index (χ3n) is 4.09. The number of aromatic nitrogens is 3. The van der Waals surface area contributed by atoms with Crippen molar-refractivity contribution in [1.82, 2.24) is 19.4 Å². The lowest BCUT2D eigenvalue weighted by Crippen LogP contribution is -2.30. The SMILES string of the molecule is Cc1cn(C)c(C2CCN(C(=O)c3ncccc3C)C2)n1. The fraction of sp³-hybridized carbons (Fsp3) is 0.438. The van der Waals surface area contributed by atoms with Crippen molar-refractivity contribution < 1.29 is 4.79 Å². The highest BCUT2D eigenvalue weighted by Crippen LogP contribution is 2.27. The summed E-state index contributed by atoms with van der Waals surface area (Å²) >= 11 is 0. The van der Waals surface area contributed by atoms with Crippen molar-refractivity contribution in [3.05, 3.63) is 47.3 Å². The standard InChI is InChI=1S/C16H20N4O/c1-11-5-4-7-17-14(11)16(21)20-8-6-13(10-20)15-18-12(2)9-19(15)3/h4-5,7,9,13H,6,8,10H2,1-3H3. The molecule has 1 aliphatic heterocycles. The van der Waals surface area contributed by atoms with Crippen LogP contribution < -0.4 is 0 Å². The molecule has 5 nitrogen and oxygen atoms in total. The minimum atomic E-state index is 0.0292. The molecule has 3 rings (SSSR count). The van der Waals surface area contributed by atoms with E-state index in [4.69, 9.17) is 0 Å². The lowest BCUT2D eigenvalue weighted by atomic mass is 10.1. The Hall–Kier alpha value is -2.17. The fourth-order valence-corrected chi connectivity index (χ4v) is 3.03. The molecular weight excluding hydrogens is 264 g/mol. The Kier molecular flexibility index (Phi) is 3.49. The Morgan fingerprint density at radius 1 is 1.38 bits per heavy atom. The Labute approximate surface area is 124 Å². The number of hydrogen-bond acceptors (Lipinski definition) is 3. The molecule has 0 spiro atoms. The average molecular weight is 284 g/mol. The number of carbonyl (C=O) groups excluding carboxylic acids is 1. The summed E-state index contributed by atoms with van der Waals surface area (Å²) in [5.41, 5.74) is 2.52. The predicted octanol–water partition coefficient (Wildman–Crippen LogP) is 2.06. The van der Waals surface area contributed by atoms with Gasteiger partial charge in [0.2, 0.25) is 0 Å². The molecule has 21 heavy (non-hydrogen) atoms. The van der Waals surface area contributed by atoms with Crippen LogP contribution in [0.1, 0.15) is 39.9 Å². The van der Waals surface area contributed by atoms with Crippen molar-refractivity contribution in [2.24, 2.45) is 7.05 Å². The highest BCUT2D eigenvalue weighted by Gasteiger charge is 2.31. The molecule has 3 heterocycles. The number of imidazole rings is 1. The molecular formula is C16H20N4O. The minimum Gasteiger partial charge on any atom is -0.337 e. The van der Waals surface area contributed by atoms with E-state index in [1.165, 1.54) is 0 Å². The Morgan fingerprint density at radius 3 is 2.86 bits per heavy atom. The van der Waals surface area contributed by atoms with Crippen molar-refractivity contribution >= 4 is 5.91 Å². The molecule has 0 aliphatic carbocycles. The molecule has 1 saturated heterocycles. The summed E-state index contributed by atoms with van der Waals surface area (Å²) in [6, 6.07) is 3.78. The van der Waals surface area contributed by atoms with Gasteiger partial charge in [0.1, 0.15) is 11.5 Å². The first kappa shape index (κ1) is 13.8. The molecule has 110 valence electrons. The maximum Gasteiger partial charge on any atom is 0.272 e. The summed E-state index contributed by atoms with van der Waals surface area (Å²) < 4.78 is 2.07. The first-order valence-electron chi connectivity index (χ1n) is 7.27. The van der Waals surface area contributed by atoms with Gasteiger partial charge in [-0.2, -0.15) is 0 Å². The predicted molar refractivity (Wildman–Crippen MR) is 80.2 cm³/mol. The zero-order valence-corrected chi connectivity index (χ0v) is 12.7. The third-order valence-corrected chi connectivity index (χ3v) is 4.09. The maximum absolute atomic E-state index is 12.6. The lowest BCUT2D eigenvalue weighted by Gasteiger charge is -2.17. The van der Waals surface area contributed by atoms with Crippen LogP contribution in [0.25, 0.3) is 0 Å². The topological polar surface area (TPSA) is 51.0 Å². The number of rotatable bonds is 2. The summed E-state index contributed by atoms with van der Waals surface area (Å²) in [6.07, 6.45) is 4.67. The van der Waals surface area contributed by atoms with Gasteiger partial charge in [-0.15, -0.1) is 0 Å². The number of aryl methyl sites for hydroxylation is 3. The molecule has 0 N–H and O–H groups in total. The molecule has 1 unspecified atom stereocenters. The van der Waals surface area contributed by atoms with E-state index >= 15 is 0 Å². The zero-order valence-electron chi connectivity index (χ0n) is 12.7. The first-order chi connectivity index (χ1) is 10.1. The van der Waals surface area contributed by atoms with Crippen molar-refractivity contribution in [3.63, 3.8) is 0 Å². The quantitative estimate of drug-likeness (QED) is 0.848. The number of hydrogen-bond donors (Lipinski definition) is 0. The highest BCUT2D eigenvalue weighted by atomic mass is 16.2. The summed E-state index contributed by atoms with van der Waals surface area (Å²) in [7, 11) is 2.02. The molecule has 0 bridgehead atoms. The number of nitrogens with zero attached hydrogens (tertiary/aromatic N) is 4. The second kappa shape index (κ2) is 5.31. The molecule has 1 amide bonds. The monoisotopic (exact) mass is 284 g/mol. The van der Waals surface area contributed by atoms with Crippen LogP contribution in [-0.4, -0.2) is 38.4 Å². The van der Waals surface area contributed by atoms with E-state index in [2.05, 4.69) is 14.5 Å². The van der Waals surface area contributed by atoms with Gasteiger partial charge in [0.05, 0.1) is 5.69 Å². The van der Waals surface area contributed by atoms with Crippen molar-refractivity contribution in [2.75, 3.05) is 13.1 Å². The van der Waals surface area contributed by atoms with Gasteiger partial charge in [0.25, 0.3) is 5.91 Å². The van der Waals surface area contributed by atoms with Gasteiger partial charge in [-0.3, -0.25) is 9.78 Å². The van der Waals surface area contributed by atoms with E-state index < -0.39 is 0 Å². The second-order valence-corrected chi connectivity index (χ2v) is 5.76. The van der Waals surface area contributed by atoms with E-state index in [1.54, 1.807) is 6.20 Å².